The largest absolute Gasteiger partial charge is 0.456 e. The second kappa shape index (κ2) is 9.95. The third kappa shape index (κ3) is 4.21. The van der Waals surface area contributed by atoms with E-state index in [2.05, 4.69) is 82.8 Å². The van der Waals surface area contributed by atoms with E-state index in [9.17, 15) is 0 Å². The molecule has 0 bridgehead atoms. The Morgan fingerprint density at radius 2 is 1.07 bits per heavy atom. The second-order valence-electron chi connectivity index (χ2n) is 10.2. The molecule has 0 aliphatic heterocycles. The highest BCUT2D eigenvalue weighted by molar-refractivity contribution is 6.28. The molecule has 0 N–H and O–H groups in total. The molecule has 42 heavy (non-hydrogen) atoms. The molecule has 0 atom stereocenters. The van der Waals surface area contributed by atoms with Crippen LogP contribution >= 0.6 is 11.6 Å². The molecule has 8 rings (SSSR count). The molecule has 0 radical (unpaired) electrons. The number of halogens is 1. The van der Waals surface area contributed by atoms with Gasteiger partial charge in [0.05, 0.1) is 0 Å². The number of benzene rings is 6. The van der Waals surface area contributed by atoms with Crippen molar-refractivity contribution in [3.63, 3.8) is 0 Å². The molecule has 0 saturated heterocycles. The Labute approximate surface area is 246 Å². The highest BCUT2D eigenvalue weighted by atomic mass is 35.5. The standard InChI is InChI=1S/C37H22ClN3O/c38-37-40-35(39-36(41-37)30-13-7-15-33-34(30)29-11-4-5-14-32(29)42-33)28-12-6-10-26-20-21-27(22-31(26)28)25-18-16-24(17-19-25)23-8-2-1-3-9-23/h1-22H. The van der Waals surface area contributed by atoms with Crippen LogP contribution in [0.2, 0.25) is 5.28 Å². The lowest BCUT2D eigenvalue weighted by Gasteiger charge is -2.11. The van der Waals surface area contributed by atoms with Crippen molar-refractivity contribution < 1.29 is 4.42 Å². The summed E-state index contributed by atoms with van der Waals surface area (Å²) in [6.45, 7) is 0. The van der Waals surface area contributed by atoms with Gasteiger partial charge in [0.1, 0.15) is 11.2 Å². The fourth-order valence-corrected chi connectivity index (χ4v) is 5.85. The van der Waals surface area contributed by atoms with Crippen molar-refractivity contribution in [2.24, 2.45) is 0 Å². The number of nitrogens with zero attached hydrogens (tertiary/aromatic N) is 3. The highest BCUT2D eigenvalue weighted by Crippen LogP contribution is 2.37. The summed E-state index contributed by atoms with van der Waals surface area (Å²) in [4.78, 5) is 14.1. The third-order valence-electron chi connectivity index (χ3n) is 7.70. The van der Waals surface area contributed by atoms with E-state index in [-0.39, 0.29) is 5.28 Å². The molecule has 0 amide bonds. The smallest absolute Gasteiger partial charge is 0.226 e. The van der Waals surface area contributed by atoms with Gasteiger partial charge in [0.2, 0.25) is 5.28 Å². The van der Waals surface area contributed by atoms with Gasteiger partial charge in [-0.05, 0) is 62.8 Å². The first-order valence-electron chi connectivity index (χ1n) is 13.7. The first-order valence-corrected chi connectivity index (χ1v) is 14.1. The number of fused-ring (bicyclic) bond motifs is 4. The molecule has 0 saturated carbocycles. The number of hydrogen-bond acceptors (Lipinski definition) is 4. The number of aromatic nitrogens is 3. The molecule has 2 heterocycles. The molecule has 198 valence electrons. The predicted octanol–water partition coefficient (Wildman–Crippen LogP) is 10.2. The van der Waals surface area contributed by atoms with E-state index in [1.807, 2.05) is 60.7 Å². The van der Waals surface area contributed by atoms with Crippen molar-refractivity contribution >= 4 is 44.3 Å². The zero-order chi connectivity index (χ0) is 28.0. The minimum atomic E-state index is 0.143. The van der Waals surface area contributed by atoms with Crippen LogP contribution in [0.15, 0.2) is 138 Å². The Morgan fingerprint density at radius 1 is 0.452 bits per heavy atom. The van der Waals surface area contributed by atoms with Gasteiger partial charge in [-0.15, -0.1) is 0 Å². The van der Waals surface area contributed by atoms with Crippen LogP contribution in [-0.4, -0.2) is 15.0 Å². The van der Waals surface area contributed by atoms with E-state index < -0.39 is 0 Å². The average Bonchev–Trinajstić information content (AvgIpc) is 3.43. The maximum Gasteiger partial charge on any atom is 0.226 e. The van der Waals surface area contributed by atoms with E-state index in [0.717, 1.165) is 55.0 Å². The Kier molecular flexibility index (Phi) is 5.80. The van der Waals surface area contributed by atoms with Gasteiger partial charge in [0, 0.05) is 21.9 Å². The fraction of sp³-hybridized carbons (Fsp3) is 0. The van der Waals surface area contributed by atoms with Crippen molar-refractivity contribution in [3.8, 4) is 45.0 Å². The van der Waals surface area contributed by atoms with Crippen LogP contribution in [0.1, 0.15) is 0 Å². The summed E-state index contributed by atoms with van der Waals surface area (Å²) in [5.41, 5.74) is 7.98. The van der Waals surface area contributed by atoms with Crippen LogP contribution < -0.4 is 0 Å². The molecule has 0 fully saturated rings. The highest BCUT2D eigenvalue weighted by Gasteiger charge is 2.17. The van der Waals surface area contributed by atoms with Gasteiger partial charge in [-0.25, -0.2) is 4.98 Å². The summed E-state index contributed by atoms with van der Waals surface area (Å²) in [6, 6.07) is 45.6. The molecule has 0 spiro atoms. The van der Waals surface area contributed by atoms with Crippen LogP contribution in [0.25, 0.3) is 77.7 Å². The van der Waals surface area contributed by atoms with E-state index in [4.69, 9.17) is 21.0 Å². The molecule has 0 aliphatic carbocycles. The van der Waals surface area contributed by atoms with Crippen LogP contribution in [0.3, 0.4) is 0 Å². The Bertz CT molecular complexity index is 2260. The lowest BCUT2D eigenvalue weighted by Crippen LogP contribution is -1.98. The second-order valence-corrected chi connectivity index (χ2v) is 10.6. The number of rotatable bonds is 4. The van der Waals surface area contributed by atoms with Crippen LogP contribution in [0.5, 0.6) is 0 Å². The summed E-state index contributed by atoms with van der Waals surface area (Å²) in [6.07, 6.45) is 0. The van der Waals surface area contributed by atoms with Crippen molar-refractivity contribution in [2.75, 3.05) is 0 Å². The molecular formula is C37H22ClN3O. The summed E-state index contributed by atoms with van der Waals surface area (Å²) in [7, 11) is 0. The molecule has 4 nitrogen and oxygen atoms in total. The monoisotopic (exact) mass is 559 g/mol. The topological polar surface area (TPSA) is 51.8 Å². The lowest BCUT2D eigenvalue weighted by molar-refractivity contribution is 0.669. The minimum absolute atomic E-state index is 0.143. The van der Waals surface area contributed by atoms with E-state index >= 15 is 0 Å². The zero-order valence-corrected chi connectivity index (χ0v) is 23.1. The van der Waals surface area contributed by atoms with Gasteiger partial charge in [-0.3, -0.25) is 0 Å². The van der Waals surface area contributed by atoms with Gasteiger partial charge in [0.15, 0.2) is 11.6 Å². The molecule has 6 aromatic carbocycles. The van der Waals surface area contributed by atoms with Crippen LogP contribution in [0.4, 0.5) is 0 Å². The van der Waals surface area contributed by atoms with Gasteiger partial charge >= 0.3 is 0 Å². The molecule has 8 aromatic rings. The lowest BCUT2D eigenvalue weighted by atomic mass is 9.96. The maximum atomic E-state index is 6.55. The Hall–Kier alpha value is -5.32. The fourth-order valence-electron chi connectivity index (χ4n) is 5.68. The summed E-state index contributed by atoms with van der Waals surface area (Å²) >= 11 is 6.55. The van der Waals surface area contributed by atoms with Crippen LogP contribution in [-0.2, 0) is 0 Å². The quantitative estimate of drug-likeness (QED) is 0.215. The summed E-state index contributed by atoms with van der Waals surface area (Å²) in [5, 5.41) is 4.25. The average molecular weight is 560 g/mol. The van der Waals surface area contributed by atoms with Crippen molar-refractivity contribution in [1.29, 1.82) is 0 Å². The molecule has 0 aliphatic rings. The van der Waals surface area contributed by atoms with E-state index in [1.165, 1.54) is 11.1 Å². The van der Waals surface area contributed by atoms with E-state index in [0.29, 0.717) is 11.6 Å². The van der Waals surface area contributed by atoms with Crippen molar-refractivity contribution in [2.45, 2.75) is 0 Å². The van der Waals surface area contributed by atoms with Crippen LogP contribution in [0, 0.1) is 0 Å². The van der Waals surface area contributed by atoms with Crippen molar-refractivity contribution in [1.82, 2.24) is 15.0 Å². The summed E-state index contributed by atoms with van der Waals surface area (Å²) < 4.78 is 6.10. The Morgan fingerprint density at radius 3 is 1.90 bits per heavy atom. The zero-order valence-electron chi connectivity index (χ0n) is 22.3. The predicted molar refractivity (Wildman–Crippen MR) is 171 cm³/mol. The third-order valence-corrected chi connectivity index (χ3v) is 7.87. The first kappa shape index (κ1) is 24.5. The number of hydrogen-bond donors (Lipinski definition) is 0. The number of furan rings is 1. The molecule has 0 unspecified atom stereocenters. The maximum absolute atomic E-state index is 6.55. The Balaban J connectivity index is 1.25. The summed E-state index contributed by atoms with van der Waals surface area (Å²) in [5.74, 6) is 1.03. The molecule has 5 heteroatoms. The van der Waals surface area contributed by atoms with Gasteiger partial charge < -0.3 is 4.42 Å². The molecular weight excluding hydrogens is 538 g/mol. The SMILES string of the molecule is Clc1nc(-c2cccc3ccc(-c4ccc(-c5ccccc5)cc4)cc23)nc(-c2cccc3oc4ccccc4c23)n1. The number of para-hydroxylation sites is 1. The van der Waals surface area contributed by atoms with Crippen molar-refractivity contribution in [3.05, 3.63) is 139 Å². The normalized spacial score (nSPS) is 11.5. The van der Waals surface area contributed by atoms with Gasteiger partial charge in [-0.1, -0.05) is 115 Å². The van der Waals surface area contributed by atoms with Gasteiger partial charge in [-0.2, -0.15) is 9.97 Å². The van der Waals surface area contributed by atoms with E-state index in [1.54, 1.807) is 0 Å². The first-order chi connectivity index (χ1) is 20.7. The van der Waals surface area contributed by atoms with Gasteiger partial charge in [0.25, 0.3) is 0 Å². The minimum Gasteiger partial charge on any atom is -0.456 e. The molecule has 2 aromatic heterocycles.